The van der Waals surface area contributed by atoms with Crippen molar-refractivity contribution in [2.24, 2.45) is 0 Å². The van der Waals surface area contributed by atoms with Crippen molar-refractivity contribution in [1.29, 1.82) is 0 Å². The molecule has 0 aliphatic rings. The molecule has 0 unspecified atom stereocenters. The zero-order chi connectivity index (χ0) is 9.68. The summed E-state index contributed by atoms with van der Waals surface area (Å²) in [4.78, 5) is 14.3. The maximum Gasteiger partial charge on any atom is 0.305 e. The summed E-state index contributed by atoms with van der Waals surface area (Å²) in [6.45, 7) is 0.405. The van der Waals surface area contributed by atoms with E-state index >= 15 is 0 Å². The minimum absolute atomic E-state index is 0.104. The number of aliphatic carboxylic acids is 1. The molecule has 0 amide bonds. The van der Waals surface area contributed by atoms with Gasteiger partial charge in [-0.1, -0.05) is 0 Å². The lowest BCUT2D eigenvalue weighted by atomic mass is 10.4. The van der Waals surface area contributed by atoms with Crippen LogP contribution in [-0.4, -0.2) is 22.6 Å². The van der Waals surface area contributed by atoms with Gasteiger partial charge in [0.2, 0.25) is 0 Å². The van der Waals surface area contributed by atoms with Gasteiger partial charge in [0.05, 0.1) is 9.99 Å². The van der Waals surface area contributed by atoms with Gasteiger partial charge in [0.1, 0.15) is 5.82 Å². The number of nitrogens with zero attached hydrogens (tertiary/aromatic N) is 1. The molecule has 0 saturated carbocycles. The number of aromatic nitrogens is 1. The number of hydrogen-bond donors (Lipinski definition) is 2. The summed E-state index contributed by atoms with van der Waals surface area (Å²) in [6.07, 6.45) is 1.78. The van der Waals surface area contributed by atoms with Gasteiger partial charge in [-0.25, -0.2) is 4.98 Å². The second-order valence-corrected chi connectivity index (χ2v) is 3.57. The molecule has 4 nitrogen and oxygen atoms in total. The minimum atomic E-state index is -0.807. The van der Waals surface area contributed by atoms with Gasteiger partial charge in [-0.15, -0.1) is 0 Å². The molecule has 0 aromatic carbocycles. The van der Waals surface area contributed by atoms with Crippen LogP contribution in [0, 0.1) is 3.57 Å². The van der Waals surface area contributed by atoms with Crippen LogP contribution in [0.5, 0.6) is 0 Å². The molecule has 0 saturated heterocycles. The van der Waals surface area contributed by atoms with Crippen LogP contribution in [0.15, 0.2) is 18.3 Å². The Bertz CT molecular complexity index is 304. The largest absolute Gasteiger partial charge is 0.481 e. The van der Waals surface area contributed by atoms with E-state index in [9.17, 15) is 4.79 Å². The highest BCUT2D eigenvalue weighted by Gasteiger charge is 2.00. The number of carboxylic acid groups (broad SMARTS) is 1. The Kier molecular flexibility index (Phi) is 3.94. The Balaban J connectivity index is 2.45. The van der Waals surface area contributed by atoms with Crippen molar-refractivity contribution in [3.63, 3.8) is 0 Å². The molecule has 5 heteroatoms. The van der Waals surface area contributed by atoms with Gasteiger partial charge in [-0.3, -0.25) is 4.79 Å². The van der Waals surface area contributed by atoms with Crippen molar-refractivity contribution >= 4 is 34.4 Å². The van der Waals surface area contributed by atoms with E-state index in [1.54, 1.807) is 6.20 Å². The second-order valence-electron chi connectivity index (χ2n) is 2.40. The van der Waals surface area contributed by atoms with Crippen molar-refractivity contribution in [2.45, 2.75) is 6.42 Å². The molecule has 0 spiro atoms. The lowest BCUT2D eigenvalue weighted by molar-refractivity contribution is -0.136. The van der Waals surface area contributed by atoms with Crippen molar-refractivity contribution in [3.8, 4) is 0 Å². The standard InChI is InChI=1S/C8H9IN2O2/c9-6-2-1-4-10-8(6)11-5-3-7(12)13/h1-2,4H,3,5H2,(H,10,11)(H,12,13). The molecule has 1 aromatic rings. The van der Waals surface area contributed by atoms with Gasteiger partial charge in [0.25, 0.3) is 0 Å². The van der Waals surface area contributed by atoms with Crippen LogP contribution in [0.25, 0.3) is 0 Å². The molecular formula is C8H9IN2O2. The van der Waals surface area contributed by atoms with E-state index in [-0.39, 0.29) is 6.42 Å². The lowest BCUT2D eigenvalue weighted by Gasteiger charge is -2.04. The molecule has 1 heterocycles. The first-order valence-electron chi connectivity index (χ1n) is 3.76. The van der Waals surface area contributed by atoms with Gasteiger partial charge in [0, 0.05) is 12.7 Å². The zero-order valence-corrected chi connectivity index (χ0v) is 8.98. The van der Waals surface area contributed by atoms with Crippen molar-refractivity contribution in [1.82, 2.24) is 4.98 Å². The molecule has 0 bridgehead atoms. The molecule has 0 fully saturated rings. The quantitative estimate of drug-likeness (QED) is 0.827. The number of halogens is 1. The summed E-state index contributed by atoms with van der Waals surface area (Å²) in [5, 5.41) is 11.3. The van der Waals surface area contributed by atoms with E-state index in [0.717, 1.165) is 9.39 Å². The predicted octanol–water partition coefficient (Wildman–Crippen LogP) is 1.57. The van der Waals surface area contributed by atoms with Crippen molar-refractivity contribution in [2.75, 3.05) is 11.9 Å². The number of carbonyl (C=O) groups is 1. The fourth-order valence-corrected chi connectivity index (χ4v) is 1.34. The monoisotopic (exact) mass is 292 g/mol. The normalized spacial score (nSPS) is 9.62. The van der Waals surface area contributed by atoms with Gasteiger partial charge in [-0.05, 0) is 34.7 Å². The highest BCUT2D eigenvalue weighted by molar-refractivity contribution is 14.1. The van der Waals surface area contributed by atoms with E-state index in [1.807, 2.05) is 12.1 Å². The first kappa shape index (κ1) is 10.2. The molecule has 0 atom stereocenters. The first-order valence-corrected chi connectivity index (χ1v) is 4.84. The lowest BCUT2D eigenvalue weighted by Crippen LogP contribution is -2.09. The third-order valence-corrected chi connectivity index (χ3v) is 2.26. The number of pyridine rings is 1. The van der Waals surface area contributed by atoms with E-state index in [2.05, 4.69) is 32.9 Å². The topological polar surface area (TPSA) is 62.2 Å². The van der Waals surface area contributed by atoms with E-state index in [0.29, 0.717) is 6.54 Å². The average Bonchev–Trinajstić information content (AvgIpc) is 2.08. The van der Waals surface area contributed by atoms with E-state index in [4.69, 9.17) is 5.11 Å². The van der Waals surface area contributed by atoms with Crippen LogP contribution < -0.4 is 5.32 Å². The SMILES string of the molecule is O=C(O)CCNc1ncccc1I. The number of nitrogens with one attached hydrogen (secondary N) is 1. The van der Waals surface area contributed by atoms with Gasteiger partial charge in [0.15, 0.2) is 0 Å². The summed E-state index contributed by atoms with van der Waals surface area (Å²) >= 11 is 2.14. The number of anilines is 1. The Hall–Kier alpha value is -0.850. The maximum absolute atomic E-state index is 10.2. The second kappa shape index (κ2) is 5.00. The Morgan fingerprint density at radius 2 is 2.46 bits per heavy atom. The van der Waals surface area contributed by atoms with Crippen molar-refractivity contribution in [3.05, 3.63) is 21.9 Å². The van der Waals surface area contributed by atoms with E-state index in [1.165, 1.54) is 0 Å². The minimum Gasteiger partial charge on any atom is -0.481 e. The van der Waals surface area contributed by atoms with Gasteiger partial charge >= 0.3 is 5.97 Å². The van der Waals surface area contributed by atoms with Crippen LogP contribution in [-0.2, 0) is 4.79 Å². The fraction of sp³-hybridized carbons (Fsp3) is 0.250. The first-order chi connectivity index (χ1) is 6.20. The Morgan fingerprint density at radius 1 is 1.69 bits per heavy atom. The average molecular weight is 292 g/mol. The van der Waals surface area contributed by atoms with Crippen LogP contribution in [0.1, 0.15) is 6.42 Å². The van der Waals surface area contributed by atoms with Gasteiger partial charge < -0.3 is 10.4 Å². The molecular weight excluding hydrogens is 283 g/mol. The fourth-order valence-electron chi connectivity index (χ4n) is 0.804. The molecule has 1 rings (SSSR count). The summed E-state index contributed by atoms with van der Waals surface area (Å²) in [5.74, 6) is -0.0669. The van der Waals surface area contributed by atoms with Crippen LogP contribution in [0.2, 0.25) is 0 Å². The van der Waals surface area contributed by atoms with E-state index < -0.39 is 5.97 Å². The zero-order valence-electron chi connectivity index (χ0n) is 6.83. The molecule has 1 aromatic heterocycles. The summed E-state index contributed by atoms with van der Waals surface area (Å²) in [6, 6.07) is 3.75. The number of carboxylic acids is 1. The van der Waals surface area contributed by atoms with Gasteiger partial charge in [-0.2, -0.15) is 0 Å². The maximum atomic E-state index is 10.2. The molecule has 0 aliphatic carbocycles. The van der Waals surface area contributed by atoms with Crippen LogP contribution in [0.4, 0.5) is 5.82 Å². The Morgan fingerprint density at radius 3 is 3.08 bits per heavy atom. The summed E-state index contributed by atoms with van der Waals surface area (Å²) in [7, 11) is 0. The molecule has 0 radical (unpaired) electrons. The predicted molar refractivity (Wildman–Crippen MR) is 57.7 cm³/mol. The van der Waals surface area contributed by atoms with Crippen molar-refractivity contribution < 1.29 is 9.90 Å². The third-order valence-electron chi connectivity index (χ3n) is 1.39. The smallest absolute Gasteiger partial charge is 0.305 e. The third kappa shape index (κ3) is 3.58. The number of hydrogen-bond acceptors (Lipinski definition) is 3. The summed E-state index contributed by atoms with van der Waals surface area (Å²) in [5.41, 5.74) is 0. The Labute approximate surface area is 89.5 Å². The van der Waals surface area contributed by atoms with Crippen LogP contribution in [0.3, 0.4) is 0 Å². The summed E-state index contributed by atoms with van der Waals surface area (Å²) < 4.78 is 0.991. The number of rotatable bonds is 4. The highest BCUT2D eigenvalue weighted by atomic mass is 127. The molecule has 13 heavy (non-hydrogen) atoms. The molecule has 0 aliphatic heterocycles. The molecule has 2 N–H and O–H groups in total. The molecule has 70 valence electrons. The highest BCUT2D eigenvalue weighted by Crippen LogP contribution is 2.13. The van der Waals surface area contributed by atoms with Crippen LogP contribution >= 0.6 is 22.6 Å².